The highest BCUT2D eigenvalue weighted by molar-refractivity contribution is 6.24. The summed E-state index contributed by atoms with van der Waals surface area (Å²) in [7, 11) is 0. The van der Waals surface area contributed by atoms with Crippen molar-refractivity contribution in [2.45, 2.75) is 82.0 Å². The molecular formula is C18H28ClNO. The Morgan fingerprint density at radius 2 is 1.67 bits per heavy atom. The second-order valence-corrected chi connectivity index (χ2v) is 9.62. The zero-order chi connectivity index (χ0) is 14.7. The van der Waals surface area contributed by atoms with Crippen LogP contribution in [0.1, 0.15) is 71.1 Å². The summed E-state index contributed by atoms with van der Waals surface area (Å²) >= 11 is 6.85. The van der Waals surface area contributed by atoms with Gasteiger partial charge in [-0.2, -0.15) is 0 Å². The number of carbonyl (C=O) groups excluding carboxylic acids is 1. The number of halogens is 1. The average molecular weight is 310 g/mol. The molecule has 0 saturated heterocycles. The Kier molecular flexibility index (Phi) is 3.33. The molecule has 1 N–H and O–H groups in total. The van der Waals surface area contributed by atoms with E-state index in [1.165, 1.54) is 32.1 Å². The molecule has 0 radical (unpaired) electrons. The zero-order valence-electron chi connectivity index (χ0n) is 13.2. The quantitative estimate of drug-likeness (QED) is 0.759. The third kappa shape index (κ3) is 2.52. The molecule has 1 amide bonds. The lowest BCUT2D eigenvalue weighted by molar-refractivity contribution is -0.145. The van der Waals surface area contributed by atoms with Crippen molar-refractivity contribution in [1.82, 2.24) is 5.32 Å². The fourth-order valence-electron chi connectivity index (χ4n) is 6.16. The molecule has 5 aliphatic rings. The monoisotopic (exact) mass is 309 g/mol. The minimum atomic E-state index is -0.116. The van der Waals surface area contributed by atoms with Gasteiger partial charge in [-0.05, 0) is 82.0 Å². The van der Waals surface area contributed by atoms with Gasteiger partial charge in [-0.25, -0.2) is 0 Å². The molecule has 0 spiro atoms. The van der Waals surface area contributed by atoms with Crippen molar-refractivity contribution >= 4 is 17.5 Å². The molecule has 0 aromatic rings. The molecule has 5 rings (SSSR count). The van der Waals surface area contributed by atoms with Gasteiger partial charge in [0.25, 0.3) is 0 Å². The topological polar surface area (TPSA) is 29.1 Å². The van der Waals surface area contributed by atoms with Crippen LogP contribution in [0.3, 0.4) is 0 Å². The fourth-order valence-corrected chi connectivity index (χ4v) is 6.85. The van der Waals surface area contributed by atoms with E-state index < -0.39 is 0 Å². The minimum Gasteiger partial charge on any atom is -0.353 e. The van der Waals surface area contributed by atoms with Gasteiger partial charge in [-0.15, -0.1) is 11.6 Å². The van der Waals surface area contributed by atoms with Crippen molar-refractivity contribution in [3.63, 3.8) is 0 Å². The van der Waals surface area contributed by atoms with Gasteiger partial charge in [-0.3, -0.25) is 4.79 Å². The van der Waals surface area contributed by atoms with Gasteiger partial charge in [0.15, 0.2) is 0 Å². The molecule has 0 aliphatic heterocycles. The number of hydrogen-bond donors (Lipinski definition) is 1. The van der Waals surface area contributed by atoms with Crippen molar-refractivity contribution < 1.29 is 4.79 Å². The maximum atomic E-state index is 13.0. The van der Waals surface area contributed by atoms with E-state index in [0.717, 1.165) is 38.0 Å². The van der Waals surface area contributed by atoms with Gasteiger partial charge in [0, 0.05) is 10.9 Å². The van der Waals surface area contributed by atoms with Crippen LogP contribution in [0.4, 0.5) is 0 Å². The predicted octanol–water partition coefficient (Wildman–Crippen LogP) is 4.26. The van der Waals surface area contributed by atoms with E-state index in [1.807, 2.05) is 0 Å². The molecular weight excluding hydrogens is 282 g/mol. The lowest BCUT2D eigenvalue weighted by Crippen LogP contribution is -2.59. The number of alkyl halides is 1. The average Bonchev–Trinajstić information content (AvgIpc) is 2.38. The number of rotatable bonds is 2. The summed E-state index contributed by atoms with van der Waals surface area (Å²) in [5.41, 5.74) is -0.116. The summed E-state index contributed by atoms with van der Waals surface area (Å²) in [5, 5.41) is 3.42. The molecule has 0 unspecified atom stereocenters. The molecule has 4 bridgehead atoms. The summed E-state index contributed by atoms with van der Waals surface area (Å²) < 4.78 is 0. The number of nitrogens with one attached hydrogen (secondary N) is 1. The lowest BCUT2D eigenvalue weighted by atomic mass is 9.49. The van der Waals surface area contributed by atoms with Crippen LogP contribution in [0.15, 0.2) is 0 Å². The highest BCUT2D eigenvalue weighted by Crippen LogP contribution is 2.63. The summed E-state index contributed by atoms with van der Waals surface area (Å²) in [6.45, 7) is 2.33. The highest BCUT2D eigenvalue weighted by Gasteiger charge is 2.60. The van der Waals surface area contributed by atoms with E-state index in [4.69, 9.17) is 11.6 Å². The van der Waals surface area contributed by atoms with E-state index in [2.05, 4.69) is 12.2 Å². The Hall–Kier alpha value is -0.240. The Morgan fingerprint density at radius 3 is 2.24 bits per heavy atom. The zero-order valence-corrected chi connectivity index (χ0v) is 13.9. The Morgan fingerprint density at radius 1 is 1.05 bits per heavy atom. The number of amides is 1. The third-order valence-corrected chi connectivity index (χ3v) is 7.26. The number of carbonyl (C=O) groups is 1. The van der Waals surface area contributed by atoms with E-state index in [9.17, 15) is 4.79 Å². The van der Waals surface area contributed by atoms with E-state index in [-0.39, 0.29) is 10.3 Å². The molecule has 0 heterocycles. The van der Waals surface area contributed by atoms with E-state index >= 15 is 0 Å². The van der Waals surface area contributed by atoms with Crippen molar-refractivity contribution in [1.29, 1.82) is 0 Å². The first-order valence-corrected chi connectivity index (χ1v) is 9.34. The van der Waals surface area contributed by atoms with Crippen molar-refractivity contribution in [2.75, 3.05) is 0 Å². The predicted molar refractivity (Wildman–Crippen MR) is 85.3 cm³/mol. The first kappa shape index (κ1) is 14.4. The van der Waals surface area contributed by atoms with Crippen LogP contribution in [-0.2, 0) is 4.79 Å². The van der Waals surface area contributed by atoms with Crippen LogP contribution in [0, 0.1) is 23.2 Å². The second-order valence-electron chi connectivity index (χ2n) is 8.82. The molecule has 2 atom stereocenters. The van der Waals surface area contributed by atoms with Crippen LogP contribution in [0.25, 0.3) is 0 Å². The van der Waals surface area contributed by atoms with Gasteiger partial charge in [0.05, 0.1) is 5.41 Å². The van der Waals surface area contributed by atoms with Gasteiger partial charge < -0.3 is 5.32 Å². The normalized spacial score (nSPS) is 51.9. The third-order valence-electron chi connectivity index (χ3n) is 6.82. The van der Waals surface area contributed by atoms with Crippen LogP contribution in [0.5, 0.6) is 0 Å². The summed E-state index contributed by atoms with van der Waals surface area (Å²) in [6, 6.07) is 0.424. The molecule has 5 fully saturated rings. The van der Waals surface area contributed by atoms with Crippen molar-refractivity contribution in [3.8, 4) is 0 Å². The molecule has 0 aromatic heterocycles. The standard InChI is InChI=1S/C18H28ClNO/c1-12-2-4-15(5-3-12)20-16(21)17-7-13-6-14(8-17)10-18(19,9-13)11-17/h12-15H,2-11H2,1H3,(H,20,21)/t12?,13-,14-,15?,17?,18?/m1/s1. The van der Waals surface area contributed by atoms with Gasteiger partial charge in [0.2, 0.25) is 5.91 Å². The molecule has 118 valence electrons. The highest BCUT2D eigenvalue weighted by atomic mass is 35.5. The maximum absolute atomic E-state index is 13.0. The molecule has 2 nitrogen and oxygen atoms in total. The van der Waals surface area contributed by atoms with Crippen LogP contribution < -0.4 is 5.32 Å². The first-order chi connectivity index (χ1) is 9.96. The van der Waals surface area contributed by atoms with Crippen LogP contribution >= 0.6 is 11.6 Å². The Bertz CT molecular complexity index is 426. The molecule has 21 heavy (non-hydrogen) atoms. The minimum absolute atomic E-state index is 0.0531. The first-order valence-electron chi connectivity index (χ1n) is 8.96. The van der Waals surface area contributed by atoms with Crippen LogP contribution in [0.2, 0.25) is 0 Å². The van der Waals surface area contributed by atoms with Crippen molar-refractivity contribution in [2.24, 2.45) is 23.2 Å². The van der Waals surface area contributed by atoms with Crippen LogP contribution in [-0.4, -0.2) is 16.8 Å². The van der Waals surface area contributed by atoms with Gasteiger partial charge in [0.1, 0.15) is 0 Å². The SMILES string of the molecule is CC1CCC(NC(=O)C23C[C@H]4C[C@@H](CC(Cl)(C4)C2)C3)CC1. The maximum Gasteiger partial charge on any atom is 0.226 e. The Balaban J connectivity index is 1.46. The summed E-state index contributed by atoms with van der Waals surface area (Å²) in [4.78, 5) is 13.0. The summed E-state index contributed by atoms with van der Waals surface area (Å²) in [5.74, 6) is 2.60. The Labute approximate surface area is 133 Å². The number of hydrogen-bond acceptors (Lipinski definition) is 1. The van der Waals surface area contributed by atoms with Crippen molar-refractivity contribution in [3.05, 3.63) is 0 Å². The summed E-state index contributed by atoms with van der Waals surface area (Å²) in [6.07, 6.45) is 11.6. The largest absolute Gasteiger partial charge is 0.353 e. The second kappa shape index (κ2) is 4.88. The smallest absolute Gasteiger partial charge is 0.226 e. The fraction of sp³-hybridized carbons (Fsp3) is 0.944. The van der Waals surface area contributed by atoms with E-state index in [1.54, 1.807) is 0 Å². The van der Waals surface area contributed by atoms with E-state index in [0.29, 0.717) is 23.8 Å². The molecule has 5 aliphatic carbocycles. The lowest BCUT2D eigenvalue weighted by Gasteiger charge is -2.59. The van der Waals surface area contributed by atoms with Gasteiger partial charge >= 0.3 is 0 Å². The van der Waals surface area contributed by atoms with Gasteiger partial charge in [-0.1, -0.05) is 6.92 Å². The molecule has 3 heteroatoms. The molecule has 0 aromatic carbocycles. The molecule has 5 saturated carbocycles.